The second-order valence-corrected chi connectivity index (χ2v) is 15.9. The number of fused-ring (bicyclic) bond motifs is 1. The molecular weight excluding hydrogens is 839 g/mol. The van der Waals surface area contributed by atoms with Crippen molar-refractivity contribution in [2.24, 2.45) is 33.7 Å². The number of H-pyrrole nitrogens is 1. The Labute approximate surface area is 378 Å². The first kappa shape index (κ1) is 52.8. The van der Waals surface area contributed by atoms with E-state index in [-0.39, 0.29) is 51.0 Å². The maximum atomic E-state index is 14.5. The molecule has 2 aromatic carbocycles. The summed E-state index contributed by atoms with van der Waals surface area (Å²) in [5.41, 5.74) is 30.3. The van der Waals surface area contributed by atoms with Crippen LogP contribution in [0.3, 0.4) is 0 Å². The number of unbranched alkanes of at least 4 members (excludes halogenated alkanes) is 2. The van der Waals surface area contributed by atoms with E-state index in [2.05, 4.69) is 41.9 Å². The normalized spacial score (nSPS) is 14.3. The van der Waals surface area contributed by atoms with Crippen molar-refractivity contribution in [3.8, 4) is 0 Å². The summed E-state index contributed by atoms with van der Waals surface area (Å²) >= 11 is 0. The summed E-state index contributed by atoms with van der Waals surface area (Å²) in [7, 11) is 0. The molecule has 7 atom stereocenters. The van der Waals surface area contributed by atoms with Gasteiger partial charge < -0.3 is 70.7 Å². The number of aromatic nitrogens is 1. The van der Waals surface area contributed by atoms with Crippen LogP contribution in [-0.4, -0.2) is 119 Å². The predicted molar refractivity (Wildman–Crippen MR) is 246 cm³/mol. The van der Waals surface area contributed by atoms with E-state index >= 15 is 0 Å². The van der Waals surface area contributed by atoms with Gasteiger partial charge in [-0.1, -0.05) is 48.5 Å². The summed E-state index contributed by atoms with van der Waals surface area (Å²) < 4.78 is 0. The van der Waals surface area contributed by atoms with Crippen LogP contribution in [0.4, 0.5) is 0 Å². The van der Waals surface area contributed by atoms with Crippen molar-refractivity contribution in [3.63, 3.8) is 0 Å². The summed E-state index contributed by atoms with van der Waals surface area (Å²) in [6.45, 7) is 3.62. The number of carbonyl (C=O) groups excluding carboxylic acids is 6. The number of nitrogens with two attached hydrogens (primary N) is 5. The first-order chi connectivity index (χ1) is 31.0. The van der Waals surface area contributed by atoms with Gasteiger partial charge in [0, 0.05) is 36.5 Å². The Balaban J connectivity index is 1.96. The van der Waals surface area contributed by atoms with Gasteiger partial charge in [-0.25, -0.2) is 4.79 Å². The quantitative estimate of drug-likeness (QED) is 0.0217. The molecule has 0 fully saturated rings. The van der Waals surface area contributed by atoms with Crippen molar-refractivity contribution in [2.45, 2.75) is 120 Å². The highest BCUT2D eigenvalue weighted by atomic mass is 16.4. The topological polar surface area (TPSA) is 370 Å². The molecule has 0 aliphatic rings. The number of nitrogens with one attached hydrogen (secondary N) is 7. The van der Waals surface area contributed by atoms with E-state index in [1.54, 1.807) is 36.5 Å². The summed E-state index contributed by atoms with van der Waals surface area (Å²) in [5, 5.41) is 26.8. The van der Waals surface area contributed by atoms with Crippen molar-refractivity contribution in [1.29, 1.82) is 0 Å². The molecule has 18 N–H and O–H groups in total. The smallest absolute Gasteiger partial charge is 0.326 e. The number of hydrogen-bond donors (Lipinski definition) is 13. The number of aliphatic imine (C=N–C) groups is 1. The van der Waals surface area contributed by atoms with Gasteiger partial charge in [-0.05, 0) is 95.5 Å². The van der Waals surface area contributed by atoms with Crippen LogP contribution in [-0.2, 0) is 46.4 Å². The summed E-state index contributed by atoms with van der Waals surface area (Å²) in [4.78, 5) is 102. The molecule has 0 aliphatic heterocycles. The molecule has 3 aromatic rings. The molecule has 0 radical (unpaired) electrons. The number of carboxylic acids is 1. The maximum Gasteiger partial charge on any atom is 0.326 e. The average Bonchev–Trinajstić information content (AvgIpc) is 3.68. The van der Waals surface area contributed by atoms with Gasteiger partial charge in [-0.3, -0.25) is 33.8 Å². The van der Waals surface area contributed by atoms with Crippen molar-refractivity contribution in [1.82, 2.24) is 36.9 Å². The van der Waals surface area contributed by atoms with Crippen LogP contribution < -0.4 is 60.6 Å². The van der Waals surface area contributed by atoms with Crippen LogP contribution in [0, 0.1) is 0 Å². The molecule has 1 aromatic heterocycles. The van der Waals surface area contributed by atoms with Gasteiger partial charge in [-0.15, -0.1) is 0 Å². The number of carbonyl (C=O) groups is 7. The number of para-hydroxylation sites is 1. The van der Waals surface area contributed by atoms with E-state index in [1.807, 2.05) is 24.3 Å². The van der Waals surface area contributed by atoms with Crippen LogP contribution in [0.2, 0.25) is 0 Å². The number of aromatic amines is 1. The highest BCUT2D eigenvalue weighted by molar-refractivity contribution is 5.97. The van der Waals surface area contributed by atoms with Gasteiger partial charge >= 0.3 is 5.97 Å². The molecule has 21 heteroatoms. The largest absolute Gasteiger partial charge is 0.480 e. The zero-order valence-electron chi connectivity index (χ0n) is 37.1. The van der Waals surface area contributed by atoms with E-state index in [0.29, 0.717) is 49.9 Å². The van der Waals surface area contributed by atoms with Crippen LogP contribution in [0.1, 0.15) is 76.3 Å². The fourth-order valence-electron chi connectivity index (χ4n) is 6.87. The fourth-order valence-corrected chi connectivity index (χ4v) is 6.87. The number of carboxylic acid groups (broad SMARTS) is 1. The number of benzene rings is 2. The molecule has 356 valence electrons. The Kier molecular flexibility index (Phi) is 22.4. The van der Waals surface area contributed by atoms with Crippen molar-refractivity contribution in [3.05, 3.63) is 71.9 Å². The first-order valence-electron chi connectivity index (χ1n) is 21.9. The third-order valence-electron chi connectivity index (χ3n) is 10.5. The van der Waals surface area contributed by atoms with Crippen molar-refractivity contribution < 1.29 is 38.7 Å². The van der Waals surface area contributed by atoms with Gasteiger partial charge in [0.25, 0.3) is 0 Å². The zero-order valence-corrected chi connectivity index (χ0v) is 37.1. The van der Waals surface area contributed by atoms with Gasteiger partial charge in [0.15, 0.2) is 5.96 Å². The molecular formula is C44H67N13O8. The van der Waals surface area contributed by atoms with Crippen LogP contribution in [0.5, 0.6) is 0 Å². The lowest BCUT2D eigenvalue weighted by atomic mass is 10.0. The molecule has 0 saturated heterocycles. The van der Waals surface area contributed by atoms with Gasteiger partial charge in [0.1, 0.15) is 36.3 Å². The standard InChI is InChI=1S/C44H67N13O8/c1-26(47)37(58)52-27(2)38(59)53-32(17-8-10-20-45)39(60)54-34(19-12-22-50-44(48)49)40(61)56-35(24-29-25-51-31-16-7-6-15-30(29)31)42(63)55-33(18-9-11-21-46)41(62)57-36(43(64)65)23-28-13-4-3-5-14-28/h3-7,13-16,25-27,32-36,51H,8-12,17-24,45-47H2,1-2H3,(H,52,58)(H,53,59)(H,54,60)(H,55,63)(H,56,61)(H,57,62)(H,64,65)(H4,48,49,50)/t26-,27-,32-,33-,34-,35-,36-/m0/s1. The van der Waals surface area contributed by atoms with Gasteiger partial charge in [0.05, 0.1) is 6.04 Å². The molecule has 3 rings (SSSR count). The predicted octanol–water partition coefficient (Wildman–Crippen LogP) is -1.37. The lowest BCUT2D eigenvalue weighted by Gasteiger charge is -2.27. The summed E-state index contributed by atoms with van der Waals surface area (Å²) in [6, 6.07) is 7.83. The third-order valence-corrected chi connectivity index (χ3v) is 10.5. The van der Waals surface area contributed by atoms with Gasteiger partial charge in [0.2, 0.25) is 35.4 Å². The molecule has 21 nitrogen and oxygen atoms in total. The van der Waals surface area contributed by atoms with Crippen molar-refractivity contribution in [2.75, 3.05) is 19.6 Å². The number of nitrogens with zero attached hydrogens (tertiary/aromatic N) is 1. The Morgan fingerprint density at radius 1 is 0.600 bits per heavy atom. The molecule has 0 aliphatic carbocycles. The van der Waals surface area contributed by atoms with E-state index in [1.165, 1.54) is 13.8 Å². The molecule has 0 unspecified atom stereocenters. The number of amides is 6. The summed E-state index contributed by atoms with van der Waals surface area (Å²) in [5.74, 6) is -5.69. The van der Waals surface area contributed by atoms with Crippen LogP contribution >= 0.6 is 0 Å². The van der Waals surface area contributed by atoms with Crippen molar-refractivity contribution >= 4 is 58.3 Å². The Morgan fingerprint density at radius 3 is 1.63 bits per heavy atom. The highest BCUT2D eigenvalue weighted by Gasteiger charge is 2.33. The number of guanidine groups is 1. The van der Waals surface area contributed by atoms with Crippen LogP contribution in [0.15, 0.2) is 65.8 Å². The molecule has 0 spiro atoms. The third kappa shape index (κ3) is 18.2. The lowest BCUT2D eigenvalue weighted by molar-refractivity contribution is -0.142. The Hall–Kier alpha value is -6.58. The number of hydrogen-bond acceptors (Lipinski definition) is 11. The summed E-state index contributed by atoms with van der Waals surface area (Å²) in [6.07, 6.45) is 3.94. The minimum atomic E-state index is -1.34. The molecule has 0 bridgehead atoms. The highest BCUT2D eigenvalue weighted by Crippen LogP contribution is 2.20. The molecule has 65 heavy (non-hydrogen) atoms. The first-order valence-corrected chi connectivity index (χ1v) is 21.9. The van der Waals surface area contributed by atoms with E-state index < -0.39 is 83.7 Å². The Morgan fingerprint density at radius 2 is 1.09 bits per heavy atom. The monoisotopic (exact) mass is 906 g/mol. The maximum absolute atomic E-state index is 14.5. The second-order valence-electron chi connectivity index (χ2n) is 15.9. The molecule has 6 amide bonds. The van der Waals surface area contributed by atoms with E-state index in [0.717, 1.165) is 10.9 Å². The van der Waals surface area contributed by atoms with Crippen LogP contribution in [0.25, 0.3) is 10.9 Å². The fraction of sp³-hybridized carbons (Fsp3) is 0.500. The molecule has 0 saturated carbocycles. The zero-order chi connectivity index (χ0) is 47.9. The SMILES string of the molecule is C[C@H](N)C(=O)N[C@@H](C)C(=O)N[C@@H](CCCCN)C(=O)N[C@@H](CCCN=C(N)N)C(=O)N[C@@H](Cc1c[nH]c2ccccc12)C(=O)N[C@@H](CCCCN)C(=O)N[C@@H](Cc1ccccc1)C(=O)O. The van der Waals surface area contributed by atoms with Gasteiger partial charge in [-0.2, -0.15) is 0 Å². The number of rotatable bonds is 29. The lowest BCUT2D eigenvalue weighted by Crippen LogP contribution is -2.60. The second kappa shape index (κ2) is 27.6. The minimum absolute atomic E-state index is 0.0117. The Bertz CT molecular complexity index is 2060. The molecule has 1 heterocycles. The number of aliphatic carboxylic acids is 1. The van der Waals surface area contributed by atoms with E-state index in [9.17, 15) is 38.7 Å². The average molecular weight is 906 g/mol. The van der Waals surface area contributed by atoms with E-state index in [4.69, 9.17) is 28.7 Å². The minimum Gasteiger partial charge on any atom is -0.480 e.